The second kappa shape index (κ2) is 58.9. The molecular weight excluding hydrogens is 1960 g/mol. The summed E-state index contributed by atoms with van der Waals surface area (Å²) in [4.78, 5) is 82.3. The zero-order chi connectivity index (χ0) is 107. The Morgan fingerprint density at radius 1 is 0.514 bits per heavy atom. The minimum atomic E-state index is -5.26. The first-order valence-corrected chi connectivity index (χ1v) is 53.7. The number of aliphatic carboxylic acids is 1. The average molecular weight is 2120 g/mol. The number of carbonyl (C=O) groups is 6. The molecule has 5 fully saturated rings. The third-order valence-electron chi connectivity index (χ3n) is 27.3. The van der Waals surface area contributed by atoms with Crippen molar-refractivity contribution in [3.05, 3.63) is 82.9 Å². The lowest BCUT2D eigenvalue weighted by Crippen LogP contribution is -2.72. The molecule has 28 atom stereocenters. The number of rotatable bonds is 61. The number of carbonyl (C=O) groups excluding carboxylic acids is 5. The number of amides is 5. The van der Waals surface area contributed by atoms with E-state index in [0.29, 0.717) is 12.8 Å². The van der Waals surface area contributed by atoms with Crippen molar-refractivity contribution < 1.29 is 189 Å². The molecule has 6 aliphatic heterocycles. The van der Waals surface area contributed by atoms with E-state index in [0.717, 1.165) is 90.2 Å². The minimum Gasteiger partial charge on any atom is -0.477 e. The highest BCUT2D eigenvalue weighted by molar-refractivity contribution is 7.86. The van der Waals surface area contributed by atoms with E-state index in [2.05, 4.69) is 35.1 Å². The van der Waals surface area contributed by atoms with E-state index in [1.54, 1.807) is 6.08 Å². The van der Waals surface area contributed by atoms with Gasteiger partial charge in [-0.05, 0) is 49.4 Å². The van der Waals surface area contributed by atoms with Gasteiger partial charge in [-0.2, -0.15) is 16.8 Å². The van der Waals surface area contributed by atoms with Gasteiger partial charge in [0.05, 0.1) is 74.8 Å². The first kappa shape index (κ1) is 122. The van der Waals surface area contributed by atoms with Gasteiger partial charge in [0, 0.05) is 75.9 Å². The number of carboxylic acids is 1. The van der Waals surface area contributed by atoms with Crippen LogP contribution in [0.2, 0.25) is 0 Å². The van der Waals surface area contributed by atoms with E-state index in [1.165, 1.54) is 151 Å². The molecular formula is C98H155N7O39S2. The third-order valence-corrected chi connectivity index (χ3v) is 29.2. The van der Waals surface area contributed by atoms with Crippen LogP contribution < -0.4 is 37.5 Å². The Morgan fingerprint density at radius 3 is 1.50 bits per heavy atom. The summed E-state index contributed by atoms with van der Waals surface area (Å²) in [6.07, 6.45) is -20.9. The number of hydrogen-bond donors (Lipinski definition) is 24. The number of anilines is 2. The lowest BCUT2D eigenvalue weighted by Gasteiger charge is -2.52. The molecule has 9 rings (SSSR count). The number of allylic oxidation sites excluding steroid dienone is 1. The first-order valence-electron chi connectivity index (χ1n) is 50.8. The van der Waals surface area contributed by atoms with Crippen LogP contribution in [0.3, 0.4) is 0 Å². The Bertz CT molecular complexity index is 4770. The van der Waals surface area contributed by atoms with Crippen molar-refractivity contribution in [1.82, 2.24) is 26.2 Å². The van der Waals surface area contributed by atoms with Gasteiger partial charge in [0.1, 0.15) is 110 Å². The van der Waals surface area contributed by atoms with Crippen LogP contribution in [0.4, 0.5) is 11.4 Å². The summed E-state index contributed by atoms with van der Waals surface area (Å²) in [6.45, 7) is -0.123. The van der Waals surface area contributed by atoms with Gasteiger partial charge in [0.15, 0.2) is 46.5 Å². The highest BCUT2D eigenvalue weighted by Gasteiger charge is 2.63. The smallest absolute Gasteiger partial charge is 0.364 e. The van der Waals surface area contributed by atoms with Crippen LogP contribution in [0, 0.1) is 0 Å². The van der Waals surface area contributed by atoms with Crippen LogP contribution in [0.15, 0.2) is 70.5 Å². The number of fused-ring (bicyclic) bond motifs is 2. The maximum Gasteiger partial charge on any atom is 0.364 e. The molecule has 5 saturated heterocycles. The van der Waals surface area contributed by atoms with Crippen LogP contribution in [0.25, 0.3) is 0 Å². The zero-order valence-electron chi connectivity index (χ0n) is 83.4. The number of unbranched alkanes of at least 4 members (excludes halogenated alkanes) is 25. The molecule has 46 nitrogen and oxygen atoms in total. The van der Waals surface area contributed by atoms with Crippen molar-refractivity contribution >= 4 is 67.1 Å². The Balaban J connectivity index is 0.945. The van der Waals surface area contributed by atoms with E-state index < -0.39 is 318 Å². The van der Waals surface area contributed by atoms with Crippen LogP contribution in [0.5, 0.6) is 11.5 Å². The molecule has 0 radical (unpaired) electrons. The van der Waals surface area contributed by atoms with Crippen molar-refractivity contribution in [2.24, 2.45) is 0 Å². The number of hydrogen-bond acceptors (Lipinski definition) is 38. The van der Waals surface area contributed by atoms with Gasteiger partial charge in [-0.25, -0.2) is 4.79 Å². The zero-order valence-corrected chi connectivity index (χ0v) is 85.0. The van der Waals surface area contributed by atoms with Crippen LogP contribution >= 0.6 is 0 Å². The number of aliphatic hydroxyl groups is 15. The molecule has 6 heterocycles. The van der Waals surface area contributed by atoms with Gasteiger partial charge >= 0.3 is 5.97 Å². The van der Waals surface area contributed by atoms with Crippen molar-refractivity contribution in [3.8, 4) is 11.5 Å². The lowest BCUT2D eigenvalue weighted by molar-refractivity contribution is -0.403. The predicted molar refractivity (Wildman–Crippen MR) is 519 cm³/mol. The predicted octanol–water partition coefficient (Wildman–Crippen LogP) is 1.58. The van der Waals surface area contributed by atoms with Gasteiger partial charge in [0.2, 0.25) is 23.6 Å². The van der Waals surface area contributed by atoms with E-state index >= 15 is 0 Å². The Morgan fingerprint density at radius 2 is 0.973 bits per heavy atom. The molecule has 26 N–H and O–H groups in total. The molecule has 5 amide bonds. The quantitative estimate of drug-likeness (QED) is 0.0129. The number of benzene rings is 3. The molecule has 146 heavy (non-hydrogen) atoms. The number of aliphatic hydroxyl groups excluding tert-OH is 15. The minimum absolute atomic E-state index is 0.0548. The summed E-state index contributed by atoms with van der Waals surface area (Å²) in [5.41, 5.74) is 10.9. The number of nitrogens with one attached hydrogen (secondary N) is 4. The fourth-order valence-corrected chi connectivity index (χ4v) is 20.9. The molecule has 3 aromatic carbocycles. The standard InChI is InChI=1S/C98H155N7O39S2/c1-6-8-10-12-14-16-18-20-21-23-25-27-29-31-33-40-71(116)104-62(63(112)39-32-30-28-26-24-22-19-17-15-13-11-9-7-2)53-134-94-81(123)79(121)85(68(51-108)137-94)140-96-82(124)89(86(69(52-109)138-96)141-93-74(103-55(4)111)87(77(119)67(50-107)135-93)142-95-80(122)78(120)76(118)66(49-106)136-95)144-98(97(126)127)47-64(113)73(102-54(3)110)88(143-98)75(117)65(114)48-101-70(115)41-36-46-105(5)92(125)57-38-35-34-37-56(57)72-58-42-44-60(99)90(145(128,129)130)83(58)139-84-59(72)43-45-61(100)91(84)146(131,132)133/h32,34-35,37-39,42-45,62-69,72-82,85-89,93-96,106-109,112-114,117-124H,6-31,33,36,40-41,46-53,99-100H2,1-5H3,(H,101,115)(H,102,110)(H,103,111)(H,104,116)(H,126,127)(H,128,129,130)(H,131,132,133)/b39-32+/t62-,63+,64-,65+,66+,67+,68+,69+,73+,74+,75+,76-,77-,78-,79+,80+,81+,82+,85+,86-,87+,88+,89+,93-,94+,95-,96-,98-/m0/s1. The number of nitrogens with two attached hydrogens (primary N) is 2. The summed E-state index contributed by atoms with van der Waals surface area (Å²) < 4.78 is 139. The average Bonchev–Trinajstić information content (AvgIpc) is 0.713. The molecule has 0 spiro atoms. The van der Waals surface area contributed by atoms with Gasteiger partial charge < -0.3 is 171 Å². The number of ether oxygens (including phenoxy) is 11. The van der Waals surface area contributed by atoms with Gasteiger partial charge in [-0.3, -0.25) is 33.1 Å². The summed E-state index contributed by atoms with van der Waals surface area (Å²) >= 11 is 0. The highest BCUT2D eigenvalue weighted by Crippen LogP contribution is 2.55. The third kappa shape index (κ3) is 33.2. The summed E-state index contributed by atoms with van der Waals surface area (Å²) in [5, 5.41) is 195. The molecule has 0 aliphatic carbocycles. The Labute approximate surface area is 850 Å². The van der Waals surface area contributed by atoms with E-state index in [1.807, 2.05) is 0 Å². The topological polar surface area (TPSA) is 740 Å². The summed E-state index contributed by atoms with van der Waals surface area (Å²) in [5.74, 6) is -12.5. The van der Waals surface area contributed by atoms with E-state index in [9.17, 15) is 136 Å². The molecule has 6 aliphatic rings. The Kier molecular flexibility index (Phi) is 49.2. The second-order valence-corrected chi connectivity index (χ2v) is 41.3. The molecule has 0 saturated carbocycles. The first-order chi connectivity index (χ1) is 69.5. The number of nitrogen functional groups attached to an aromatic ring is 2. The van der Waals surface area contributed by atoms with Crippen molar-refractivity contribution in [2.45, 2.75) is 414 Å². The van der Waals surface area contributed by atoms with Crippen molar-refractivity contribution in [1.29, 1.82) is 0 Å². The molecule has 0 unspecified atom stereocenters. The molecule has 48 heteroatoms. The fourth-order valence-electron chi connectivity index (χ4n) is 19.3. The maximum atomic E-state index is 14.7. The normalized spacial score (nSPS) is 29.0. The number of carboxylic acid groups (broad SMARTS) is 1. The van der Waals surface area contributed by atoms with Crippen LogP contribution in [-0.4, -0.2) is 372 Å². The summed E-state index contributed by atoms with van der Waals surface area (Å²) in [6, 6.07) is 5.48. The SMILES string of the molecule is CCCCCCCCCCCCC/C=C/[C@@H](O)[C@H](CO[C@@H]1O[C@H](CO)[C@@H](O[C@@H]2O[C@H](CO)[C@H](O[C@@H]3O[C@H](CO)[C@H](O)[C@H](O[C@@H]4O[C@H](CO)[C@H](O)[C@H](O)[C@H]4O)[C@H]3NC(C)=O)[C@H](O[C@]3(C(=O)O)C[C@H](O)[C@@H](NC(C)=O)[C@H]([C@H](O)[C@H](O)CNC(=O)CCCN(C)C(=O)c4ccccc4C4c5ccc(N)c(S(=O)(=O)O)c5Oc5c4ccc(N)c5S(=O)(=O)O)O3)[C@H]2O)[C@H](O)[C@H]1O)NC(=O)CCCCCCCCCCCCCCCCC. The monoisotopic (exact) mass is 2120 g/mol. The second-order valence-electron chi connectivity index (χ2n) is 38.6. The highest BCUT2D eigenvalue weighted by atomic mass is 32.2. The Hall–Kier alpha value is -7.56. The van der Waals surface area contributed by atoms with Crippen molar-refractivity contribution in [2.75, 3.05) is 64.6 Å². The van der Waals surface area contributed by atoms with E-state index in [-0.39, 0.29) is 41.6 Å². The molecule has 828 valence electrons. The fraction of sp³-hybridized carbons (Fsp3) is 0.735. The van der Waals surface area contributed by atoms with Crippen LogP contribution in [-0.2, 0) is 91.6 Å². The maximum absolute atomic E-state index is 14.7. The van der Waals surface area contributed by atoms with E-state index in [4.69, 9.17) is 63.6 Å². The van der Waals surface area contributed by atoms with Gasteiger partial charge in [-0.1, -0.05) is 210 Å². The number of nitrogens with zero attached hydrogens (tertiary/aromatic N) is 1. The van der Waals surface area contributed by atoms with Gasteiger partial charge in [0.25, 0.3) is 31.9 Å². The van der Waals surface area contributed by atoms with Crippen LogP contribution in [0.1, 0.15) is 260 Å². The lowest BCUT2D eigenvalue weighted by atomic mass is 9.80. The largest absolute Gasteiger partial charge is 0.477 e. The van der Waals surface area contributed by atoms with Gasteiger partial charge in [-0.15, -0.1) is 0 Å². The molecule has 0 aromatic heterocycles. The summed E-state index contributed by atoms with van der Waals surface area (Å²) in [7, 11) is -9.18. The van der Waals surface area contributed by atoms with Crippen molar-refractivity contribution in [3.63, 3.8) is 0 Å². The molecule has 3 aromatic rings. The molecule has 0 bridgehead atoms.